The number of hydrogen-bond acceptors (Lipinski definition) is 2. The Morgan fingerprint density at radius 1 is 1.10 bits per heavy atom. The van der Waals surface area contributed by atoms with E-state index in [0.717, 1.165) is 35.4 Å². The van der Waals surface area contributed by atoms with Crippen molar-refractivity contribution in [1.29, 1.82) is 0 Å². The Balaban J connectivity index is 2.17. The lowest BCUT2D eigenvalue weighted by molar-refractivity contribution is 0.471. The molecule has 0 saturated heterocycles. The molecule has 2 nitrogen and oxygen atoms in total. The maximum absolute atomic E-state index is 13.7. The van der Waals surface area contributed by atoms with Crippen LogP contribution in [0.1, 0.15) is 30.0 Å². The molecule has 112 valence electrons. The first-order valence-electron chi connectivity index (χ1n) is 7.34. The fourth-order valence-corrected chi connectivity index (χ4v) is 2.14. The van der Waals surface area contributed by atoms with Crippen LogP contribution in [0.15, 0.2) is 36.4 Å². The fourth-order valence-electron chi connectivity index (χ4n) is 2.14. The van der Waals surface area contributed by atoms with Crippen LogP contribution in [0.25, 0.3) is 0 Å². The number of benzene rings is 2. The first-order chi connectivity index (χ1) is 10.1. The van der Waals surface area contributed by atoms with Crippen molar-refractivity contribution < 1.29 is 9.13 Å². The van der Waals surface area contributed by atoms with E-state index >= 15 is 0 Å². The summed E-state index contributed by atoms with van der Waals surface area (Å²) in [6.07, 6.45) is 1.06. The van der Waals surface area contributed by atoms with E-state index < -0.39 is 0 Å². The summed E-state index contributed by atoms with van der Waals surface area (Å²) in [5.74, 6) is 1.04. The molecule has 0 radical (unpaired) electrons. The van der Waals surface area contributed by atoms with Gasteiger partial charge in [0.05, 0.1) is 0 Å². The van der Waals surface area contributed by atoms with Crippen molar-refractivity contribution >= 4 is 0 Å². The Hall–Kier alpha value is -1.87. The Bertz CT molecular complexity index is 610. The predicted octanol–water partition coefficient (Wildman–Crippen LogP) is 4.73. The summed E-state index contributed by atoms with van der Waals surface area (Å²) < 4.78 is 19.6. The highest BCUT2D eigenvalue weighted by Gasteiger charge is 2.06. The third-order valence-corrected chi connectivity index (χ3v) is 3.26. The standard InChI is InChI=1S/C18H22FNO/c1-4-7-20-12-15-9-16(19)11-17(10-15)21-18-8-13(2)5-6-14(18)3/h5-6,8-11,20H,4,7,12H2,1-3H3. The summed E-state index contributed by atoms with van der Waals surface area (Å²) >= 11 is 0. The van der Waals surface area contributed by atoms with Gasteiger partial charge in [-0.05, 0) is 61.7 Å². The minimum atomic E-state index is -0.272. The first-order valence-corrected chi connectivity index (χ1v) is 7.34. The van der Waals surface area contributed by atoms with Crippen LogP contribution < -0.4 is 10.1 Å². The summed E-state index contributed by atoms with van der Waals surface area (Å²) in [5, 5.41) is 3.27. The smallest absolute Gasteiger partial charge is 0.130 e. The first kappa shape index (κ1) is 15.5. The van der Waals surface area contributed by atoms with Gasteiger partial charge in [-0.25, -0.2) is 4.39 Å². The van der Waals surface area contributed by atoms with E-state index in [9.17, 15) is 4.39 Å². The molecule has 0 unspecified atom stereocenters. The molecule has 0 bridgehead atoms. The van der Waals surface area contributed by atoms with E-state index in [1.165, 1.54) is 6.07 Å². The quantitative estimate of drug-likeness (QED) is 0.775. The lowest BCUT2D eigenvalue weighted by atomic mass is 10.1. The number of hydrogen-bond donors (Lipinski definition) is 1. The van der Waals surface area contributed by atoms with E-state index in [-0.39, 0.29) is 5.82 Å². The second-order valence-corrected chi connectivity index (χ2v) is 5.34. The molecule has 0 saturated carbocycles. The van der Waals surface area contributed by atoms with Gasteiger partial charge in [0.15, 0.2) is 0 Å². The van der Waals surface area contributed by atoms with Crippen LogP contribution in [0.4, 0.5) is 4.39 Å². The number of nitrogens with one attached hydrogen (secondary N) is 1. The second-order valence-electron chi connectivity index (χ2n) is 5.34. The number of rotatable bonds is 6. The van der Waals surface area contributed by atoms with Crippen molar-refractivity contribution in [3.05, 3.63) is 58.9 Å². The summed E-state index contributed by atoms with van der Waals surface area (Å²) in [6, 6.07) is 10.9. The average molecular weight is 287 g/mol. The van der Waals surface area contributed by atoms with E-state index in [1.807, 2.05) is 38.1 Å². The van der Waals surface area contributed by atoms with Crippen LogP contribution in [0, 0.1) is 19.7 Å². The molecular weight excluding hydrogens is 265 g/mol. The van der Waals surface area contributed by atoms with Crippen LogP contribution in [-0.2, 0) is 6.54 Å². The van der Waals surface area contributed by atoms with Gasteiger partial charge in [0, 0.05) is 12.6 Å². The number of halogens is 1. The van der Waals surface area contributed by atoms with Gasteiger partial charge in [-0.1, -0.05) is 19.1 Å². The van der Waals surface area contributed by atoms with E-state index in [4.69, 9.17) is 4.74 Å². The largest absolute Gasteiger partial charge is 0.457 e. The number of aryl methyl sites for hydroxylation is 2. The second kappa shape index (κ2) is 7.23. The van der Waals surface area contributed by atoms with Crippen molar-refractivity contribution in [2.45, 2.75) is 33.7 Å². The fraction of sp³-hybridized carbons (Fsp3) is 0.333. The highest BCUT2D eigenvalue weighted by atomic mass is 19.1. The minimum absolute atomic E-state index is 0.272. The zero-order valence-corrected chi connectivity index (χ0v) is 12.9. The SMILES string of the molecule is CCCNCc1cc(F)cc(Oc2cc(C)ccc2C)c1. The van der Waals surface area contributed by atoms with Crippen molar-refractivity contribution in [1.82, 2.24) is 5.32 Å². The summed E-state index contributed by atoms with van der Waals surface area (Å²) in [5.41, 5.74) is 3.05. The predicted molar refractivity (Wildman–Crippen MR) is 84.4 cm³/mol. The molecule has 0 spiro atoms. The molecule has 1 N–H and O–H groups in total. The van der Waals surface area contributed by atoms with Gasteiger partial charge in [0.25, 0.3) is 0 Å². The van der Waals surface area contributed by atoms with E-state index in [0.29, 0.717) is 12.3 Å². The lowest BCUT2D eigenvalue weighted by Crippen LogP contribution is -2.13. The molecule has 0 aliphatic heterocycles. The Kier molecular flexibility index (Phi) is 5.34. The Labute approximate surface area is 126 Å². The zero-order valence-electron chi connectivity index (χ0n) is 12.9. The van der Waals surface area contributed by atoms with E-state index in [1.54, 1.807) is 6.07 Å². The summed E-state index contributed by atoms with van der Waals surface area (Å²) in [6.45, 7) is 7.67. The van der Waals surface area contributed by atoms with Gasteiger partial charge in [0.2, 0.25) is 0 Å². The molecule has 0 heterocycles. The lowest BCUT2D eigenvalue weighted by Gasteiger charge is -2.11. The Morgan fingerprint density at radius 2 is 1.90 bits per heavy atom. The van der Waals surface area contributed by atoms with Gasteiger partial charge < -0.3 is 10.1 Å². The zero-order chi connectivity index (χ0) is 15.2. The molecule has 0 aliphatic carbocycles. The minimum Gasteiger partial charge on any atom is -0.457 e. The molecule has 0 aliphatic rings. The third kappa shape index (κ3) is 4.57. The maximum Gasteiger partial charge on any atom is 0.130 e. The van der Waals surface area contributed by atoms with Gasteiger partial charge in [0.1, 0.15) is 17.3 Å². The van der Waals surface area contributed by atoms with E-state index in [2.05, 4.69) is 12.2 Å². The molecule has 0 fully saturated rings. The molecule has 2 rings (SSSR count). The third-order valence-electron chi connectivity index (χ3n) is 3.26. The highest BCUT2D eigenvalue weighted by molar-refractivity contribution is 5.40. The normalized spacial score (nSPS) is 10.7. The van der Waals surface area contributed by atoms with Gasteiger partial charge >= 0.3 is 0 Å². The van der Waals surface area contributed by atoms with Crippen molar-refractivity contribution in [3.8, 4) is 11.5 Å². The van der Waals surface area contributed by atoms with Crippen molar-refractivity contribution in [2.24, 2.45) is 0 Å². The molecule has 21 heavy (non-hydrogen) atoms. The maximum atomic E-state index is 13.7. The van der Waals surface area contributed by atoms with Crippen LogP contribution in [0.3, 0.4) is 0 Å². The Morgan fingerprint density at radius 3 is 2.67 bits per heavy atom. The van der Waals surface area contributed by atoms with Gasteiger partial charge in [-0.2, -0.15) is 0 Å². The summed E-state index contributed by atoms with van der Waals surface area (Å²) in [4.78, 5) is 0. The molecule has 0 atom stereocenters. The molecule has 0 aromatic heterocycles. The summed E-state index contributed by atoms with van der Waals surface area (Å²) in [7, 11) is 0. The van der Waals surface area contributed by atoms with Crippen LogP contribution in [0.2, 0.25) is 0 Å². The van der Waals surface area contributed by atoms with Crippen LogP contribution in [-0.4, -0.2) is 6.54 Å². The molecule has 0 amide bonds. The topological polar surface area (TPSA) is 21.3 Å². The van der Waals surface area contributed by atoms with Crippen LogP contribution >= 0.6 is 0 Å². The van der Waals surface area contributed by atoms with Crippen molar-refractivity contribution in [2.75, 3.05) is 6.54 Å². The van der Waals surface area contributed by atoms with Gasteiger partial charge in [-0.15, -0.1) is 0 Å². The molecule has 3 heteroatoms. The molecule has 2 aromatic rings. The molecule has 2 aromatic carbocycles. The van der Waals surface area contributed by atoms with Crippen molar-refractivity contribution in [3.63, 3.8) is 0 Å². The highest BCUT2D eigenvalue weighted by Crippen LogP contribution is 2.27. The number of ether oxygens (including phenoxy) is 1. The average Bonchev–Trinajstić information content (AvgIpc) is 2.43. The molecular formula is C18H22FNO. The van der Waals surface area contributed by atoms with Crippen LogP contribution in [0.5, 0.6) is 11.5 Å². The van der Waals surface area contributed by atoms with Gasteiger partial charge in [-0.3, -0.25) is 0 Å². The monoisotopic (exact) mass is 287 g/mol.